The highest BCUT2D eigenvalue weighted by molar-refractivity contribution is 8.00. The highest BCUT2D eigenvalue weighted by Gasteiger charge is 2.40. The largest absolute Gasteiger partial charge is 0.365 e. The van der Waals surface area contributed by atoms with Gasteiger partial charge in [0.05, 0.1) is 34.3 Å². The first-order chi connectivity index (χ1) is 17.4. The summed E-state index contributed by atoms with van der Waals surface area (Å²) >= 11 is 1.67. The Morgan fingerprint density at radius 3 is 2.94 bits per heavy atom. The quantitative estimate of drug-likeness (QED) is 0.346. The van der Waals surface area contributed by atoms with Crippen LogP contribution in [0.2, 0.25) is 0 Å². The Morgan fingerprint density at radius 2 is 2.14 bits per heavy atom. The van der Waals surface area contributed by atoms with Gasteiger partial charge in [-0.3, -0.25) is 10.1 Å². The lowest BCUT2D eigenvalue weighted by Gasteiger charge is -2.38. The van der Waals surface area contributed by atoms with Crippen LogP contribution in [-0.2, 0) is 19.6 Å². The van der Waals surface area contributed by atoms with E-state index in [2.05, 4.69) is 42.3 Å². The molecule has 0 spiro atoms. The van der Waals surface area contributed by atoms with Crippen LogP contribution < -0.4 is 26.1 Å². The van der Waals surface area contributed by atoms with E-state index in [-0.39, 0.29) is 22.9 Å². The molecule has 196 valence electrons. The first kappa shape index (κ1) is 25.5. The van der Waals surface area contributed by atoms with E-state index in [9.17, 15) is 13.2 Å². The van der Waals surface area contributed by atoms with Crippen LogP contribution in [0.5, 0.6) is 0 Å². The van der Waals surface area contributed by atoms with Crippen molar-refractivity contribution in [3.8, 4) is 0 Å². The Morgan fingerprint density at radius 1 is 1.28 bits per heavy atom. The highest BCUT2D eigenvalue weighted by Crippen LogP contribution is 2.39. The Labute approximate surface area is 215 Å². The first-order valence-electron chi connectivity index (χ1n) is 12.2. The molecule has 1 aromatic heterocycles. The fraction of sp³-hybridized carbons (Fsp3) is 0.565. The second-order valence-corrected chi connectivity index (χ2v) is 12.2. The molecule has 5 N–H and O–H groups in total. The van der Waals surface area contributed by atoms with Gasteiger partial charge in [-0.25, -0.2) is 22.8 Å². The predicted octanol–water partition coefficient (Wildman–Crippen LogP) is 0.320. The number of carbonyl (C=O) groups excluding carboxylic acids is 1. The van der Waals surface area contributed by atoms with Crippen LogP contribution in [0.4, 0.5) is 0 Å². The number of nitrogens with one attached hydrogen (secondary N) is 5. The SMILES string of the molecule is C=C/C=C\C1=C/S(=O)(=O)NC2CC(CNC2OC)C2Nn3c(cnc3S2)C2CCNC(CNC1=O)C2. The number of thioether (sulfide) groups is 1. The summed E-state index contributed by atoms with van der Waals surface area (Å²) in [6.45, 7) is 5.51. The number of methoxy groups -OCH3 is 1. The summed E-state index contributed by atoms with van der Waals surface area (Å²) in [6.07, 6.45) is 8.34. The average Bonchev–Trinajstić information content (AvgIpc) is 3.45. The third-order valence-corrected chi connectivity index (χ3v) is 9.56. The van der Waals surface area contributed by atoms with Crippen LogP contribution in [0.15, 0.2) is 47.1 Å². The van der Waals surface area contributed by atoms with Crippen molar-refractivity contribution in [1.29, 1.82) is 0 Å². The average molecular weight is 536 g/mol. The van der Waals surface area contributed by atoms with Crippen LogP contribution in [0.3, 0.4) is 0 Å². The zero-order chi connectivity index (χ0) is 25.3. The van der Waals surface area contributed by atoms with Gasteiger partial charge in [-0.1, -0.05) is 30.5 Å². The number of sulfonamides is 1. The molecule has 0 aliphatic carbocycles. The standard InChI is InChI=1S/C23H33N7O4S2/c1-3-4-5-15-13-36(32,33)29-18-9-16(10-26-21(18)34-2)22-28-30-19(12-27-23(30)35-22)14-6-7-24-17(8-14)11-25-20(15)31/h3-5,12-14,16-18,21-22,24,26,28-29H,1,6-11H2,2H3,(H,25,31)/b5-4-,15-13+. The molecule has 4 aliphatic heterocycles. The summed E-state index contributed by atoms with van der Waals surface area (Å²) in [5.74, 6) is -0.0431. The van der Waals surface area contributed by atoms with E-state index in [0.717, 1.165) is 35.6 Å². The number of hydrogen-bond acceptors (Lipinski definition) is 9. The molecule has 36 heavy (non-hydrogen) atoms. The molecule has 6 bridgehead atoms. The molecule has 2 saturated heterocycles. The van der Waals surface area contributed by atoms with E-state index < -0.39 is 28.2 Å². The molecular formula is C23H33N7O4S2. The van der Waals surface area contributed by atoms with Crippen molar-refractivity contribution in [2.75, 3.05) is 32.2 Å². The van der Waals surface area contributed by atoms with Crippen LogP contribution in [0.25, 0.3) is 0 Å². The molecule has 0 saturated carbocycles. The lowest BCUT2D eigenvalue weighted by atomic mass is 9.90. The lowest BCUT2D eigenvalue weighted by molar-refractivity contribution is -0.117. The molecule has 5 rings (SSSR count). The molecule has 6 unspecified atom stereocenters. The van der Waals surface area contributed by atoms with Crippen molar-refractivity contribution < 1.29 is 17.9 Å². The summed E-state index contributed by atoms with van der Waals surface area (Å²) in [5, 5.41) is 11.7. The minimum absolute atomic E-state index is 0.0345. The number of allylic oxidation sites excluding steroid dienone is 2. The number of amides is 1. The number of imidazole rings is 1. The molecule has 1 aromatic rings. The fourth-order valence-corrected chi connectivity index (χ4v) is 7.74. The van der Waals surface area contributed by atoms with Crippen LogP contribution in [0, 0.1) is 5.92 Å². The molecule has 11 nitrogen and oxygen atoms in total. The van der Waals surface area contributed by atoms with E-state index in [1.807, 2.05) is 6.20 Å². The summed E-state index contributed by atoms with van der Waals surface area (Å²) in [6, 6.07) is -0.457. The van der Waals surface area contributed by atoms with Crippen molar-refractivity contribution >= 4 is 27.7 Å². The zero-order valence-corrected chi connectivity index (χ0v) is 21.8. The predicted molar refractivity (Wildman–Crippen MR) is 138 cm³/mol. The Kier molecular flexibility index (Phi) is 7.56. The highest BCUT2D eigenvalue weighted by atomic mass is 32.2. The summed E-state index contributed by atoms with van der Waals surface area (Å²) < 4.78 is 36.7. The topological polar surface area (TPSA) is 138 Å². The number of nitrogens with zero attached hydrogens (tertiary/aromatic N) is 2. The number of carbonyl (C=O) groups is 1. The van der Waals surface area contributed by atoms with Gasteiger partial charge < -0.3 is 20.8 Å². The minimum Gasteiger partial charge on any atom is -0.365 e. The van der Waals surface area contributed by atoms with Gasteiger partial charge in [0.2, 0.25) is 10.0 Å². The van der Waals surface area contributed by atoms with Gasteiger partial charge in [0.25, 0.3) is 5.91 Å². The number of ether oxygens (including phenoxy) is 1. The Balaban J connectivity index is 1.49. The number of hydrogen-bond donors (Lipinski definition) is 5. The fourth-order valence-electron chi connectivity index (χ4n) is 5.35. The molecule has 5 heterocycles. The second kappa shape index (κ2) is 10.7. The second-order valence-electron chi connectivity index (χ2n) is 9.55. The molecule has 4 aliphatic rings. The molecule has 2 fully saturated rings. The lowest BCUT2D eigenvalue weighted by Crippen LogP contribution is -2.58. The van der Waals surface area contributed by atoms with E-state index in [1.165, 1.54) is 12.2 Å². The normalized spacial score (nSPS) is 35.8. The van der Waals surface area contributed by atoms with E-state index in [4.69, 9.17) is 4.74 Å². The van der Waals surface area contributed by atoms with Gasteiger partial charge in [0, 0.05) is 38.1 Å². The Bertz CT molecular complexity index is 1170. The van der Waals surface area contributed by atoms with Crippen LogP contribution in [-0.4, -0.2) is 74.4 Å². The third-order valence-electron chi connectivity index (χ3n) is 7.12. The molecule has 1 amide bonds. The van der Waals surface area contributed by atoms with Gasteiger partial charge >= 0.3 is 0 Å². The zero-order valence-electron chi connectivity index (χ0n) is 20.1. The Hall–Kier alpha value is -2.16. The van der Waals surface area contributed by atoms with Crippen molar-refractivity contribution in [3.63, 3.8) is 0 Å². The van der Waals surface area contributed by atoms with E-state index >= 15 is 0 Å². The maximum absolute atomic E-state index is 13.2. The smallest absolute Gasteiger partial charge is 0.252 e. The van der Waals surface area contributed by atoms with Crippen molar-refractivity contribution in [2.24, 2.45) is 5.92 Å². The van der Waals surface area contributed by atoms with Crippen LogP contribution in [0.1, 0.15) is 30.9 Å². The maximum atomic E-state index is 13.2. The van der Waals surface area contributed by atoms with Gasteiger partial charge in [0.1, 0.15) is 6.23 Å². The number of piperidine rings is 2. The summed E-state index contributed by atoms with van der Waals surface area (Å²) in [7, 11) is -2.42. The molecule has 13 heteroatoms. The molecule has 6 atom stereocenters. The maximum Gasteiger partial charge on any atom is 0.252 e. The van der Waals surface area contributed by atoms with E-state index in [1.54, 1.807) is 24.9 Å². The van der Waals surface area contributed by atoms with Crippen molar-refractivity contribution in [1.82, 2.24) is 30.3 Å². The van der Waals surface area contributed by atoms with Gasteiger partial charge in [-0.05, 0) is 31.9 Å². The van der Waals surface area contributed by atoms with E-state index in [0.29, 0.717) is 25.4 Å². The van der Waals surface area contributed by atoms with Gasteiger partial charge in [-0.2, -0.15) is 0 Å². The minimum atomic E-state index is -3.96. The first-order valence-corrected chi connectivity index (χ1v) is 14.6. The van der Waals surface area contributed by atoms with Gasteiger partial charge in [-0.15, -0.1) is 0 Å². The number of rotatable bonds is 3. The van der Waals surface area contributed by atoms with Crippen LogP contribution >= 0.6 is 11.8 Å². The van der Waals surface area contributed by atoms with Crippen molar-refractivity contribution in [2.45, 2.75) is 54.0 Å². The van der Waals surface area contributed by atoms with Crippen molar-refractivity contribution in [3.05, 3.63) is 47.7 Å². The molecule has 0 radical (unpaired) electrons. The summed E-state index contributed by atoms with van der Waals surface area (Å²) in [5.41, 5.74) is 4.80. The van der Waals surface area contributed by atoms with Gasteiger partial charge in [0.15, 0.2) is 5.16 Å². The molecular weight excluding hydrogens is 502 g/mol. The summed E-state index contributed by atoms with van der Waals surface area (Å²) in [4.78, 5) is 17.7. The third kappa shape index (κ3) is 5.41. The number of fused-ring (bicyclic) bond motifs is 7. The molecule has 0 aromatic carbocycles. The monoisotopic (exact) mass is 535 g/mol. The number of aromatic nitrogens is 2.